The second-order valence-electron chi connectivity index (χ2n) is 7.21. The van der Waals surface area contributed by atoms with Gasteiger partial charge in [-0.05, 0) is 48.5 Å². The van der Waals surface area contributed by atoms with E-state index in [1.54, 1.807) is 43.5 Å². The number of ether oxygens (including phenoxy) is 2. The highest BCUT2D eigenvalue weighted by molar-refractivity contribution is 6.31. The Bertz CT molecular complexity index is 1210. The van der Waals surface area contributed by atoms with E-state index in [0.29, 0.717) is 39.6 Å². The molecule has 0 bridgehead atoms. The van der Waals surface area contributed by atoms with Crippen molar-refractivity contribution in [2.75, 3.05) is 13.7 Å². The van der Waals surface area contributed by atoms with Gasteiger partial charge >= 0.3 is 12.3 Å². The van der Waals surface area contributed by atoms with Gasteiger partial charge in [-0.3, -0.25) is 0 Å². The smallest absolute Gasteiger partial charge is 0.428 e. The van der Waals surface area contributed by atoms with Gasteiger partial charge in [-0.25, -0.2) is 4.79 Å². The highest BCUT2D eigenvalue weighted by Gasteiger charge is 2.30. The average molecular weight is 479 g/mol. The summed E-state index contributed by atoms with van der Waals surface area (Å²) in [4.78, 5) is 12.5. The van der Waals surface area contributed by atoms with E-state index in [1.165, 1.54) is 10.9 Å². The molecule has 0 radical (unpaired) electrons. The van der Waals surface area contributed by atoms with E-state index in [-0.39, 0.29) is 6.61 Å². The Labute approximate surface area is 191 Å². The number of hydrogen-bond donors (Lipinski definition) is 1. The number of nitrogens with one attached hydrogen (secondary N) is 1. The molecule has 3 aromatic rings. The highest BCUT2D eigenvalue weighted by atomic mass is 35.5. The van der Waals surface area contributed by atoms with E-state index in [0.717, 1.165) is 12.1 Å². The molecule has 0 spiro atoms. The van der Waals surface area contributed by atoms with Crippen molar-refractivity contribution in [3.8, 4) is 11.3 Å². The Balaban J connectivity index is 1.66. The SMILES string of the molecule is CNCc1nn(C2COC(=O)O2)nc1-c1cc(Cl)cc(/C=C/c2cccc(C(F)(F)F)c2)c1. The quantitative estimate of drug-likeness (QED) is 0.389. The highest BCUT2D eigenvalue weighted by Crippen LogP contribution is 2.31. The maximum Gasteiger partial charge on any atom is 0.510 e. The summed E-state index contributed by atoms with van der Waals surface area (Å²) in [7, 11) is 1.75. The van der Waals surface area contributed by atoms with Crippen molar-refractivity contribution >= 4 is 29.9 Å². The Morgan fingerprint density at radius 1 is 1.18 bits per heavy atom. The lowest BCUT2D eigenvalue weighted by Crippen LogP contribution is -2.15. The van der Waals surface area contributed by atoms with Gasteiger partial charge in [-0.2, -0.15) is 18.3 Å². The van der Waals surface area contributed by atoms with Crippen LogP contribution in [-0.2, 0) is 22.2 Å². The van der Waals surface area contributed by atoms with Gasteiger partial charge in [0.05, 0.1) is 5.56 Å². The van der Waals surface area contributed by atoms with Gasteiger partial charge in [-0.1, -0.05) is 35.9 Å². The van der Waals surface area contributed by atoms with Crippen LogP contribution in [0.25, 0.3) is 23.4 Å². The zero-order valence-electron chi connectivity index (χ0n) is 17.3. The van der Waals surface area contributed by atoms with Gasteiger partial charge in [0.25, 0.3) is 0 Å². The molecule has 1 saturated heterocycles. The van der Waals surface area contributed by atoms with Crippen LogP contribution in [0.1, 0.15) is 28.6 Å². The van der Waals surface area contributed by atoms with E-state index in [1.807, 2.05) is 0 Å². The monoisotopic (exact) mass is 478 g/mol. The molecule has 0 aliphatic carbocycles. The number of nitrogens with zero attached hydrogens (tertiary/aromatic N) is 3. The Morgan fingerprint density at radius 3 is 2.67 bits per heavy atom. The standard InChI is InChI=1S/C22H18ClF3N4O3/c1-27-11-18-20(29-30(28-18)19-12-32-21(31)33-19)15-7-14(9-17(23)10-15)6-5-13-3-2-4-16(8-13)22(24,25)26/h2-10,19,27H,11-12H2,1H3/b6-5+. The van der Waals surface area contributed by atoms with Crippen LogP contribution in [-0.4, -0.2) is 34.8 Å². The molecular formula is C22H18ClF3N4O3. The molecule has 33 heavy (non-hydrogen) atoms. The first-order valence-electron chi connectivity index (χ1n) is 9.83. The Morgan fingerprint density at radius 2 is 1.97 bits per heavy atom. The molecule has 1 aliphatic heterocycles. The third kappa shape index (κ3) is 5.35. The molecule has 2 aromatic carbocycles. The van der Waals surface area contributed by atoms with Gasteiger partial charge in [0.2, 0.25) is 6.23 Å². The lowest BCUT2D eigenvalue weighted by Gasteiger charge is -2.07. The summed E-state index contributed by atoms with van der Waals surface area (Å²) in [6, 6.07) is 10.2. The number of alkyl halides is 3. The number of cyclic esters (lactones) is 2. The fraction of sp³-hybridized carbons (Fsp3) is 0.227. The van der Waals surface area contributed by atoms with Crippen molar-refractivity contribution < 1.29 is 27.4 Å². The first kappa shape index (κ1) is 22.8. The van der Waals surface area contributed by atoms with Crippen LogP contribution in [0.3, 0.4) is 0 Å². The Hall–Kier alpha value is -3.37. The van der Waals surface area contributed by atoms with Crippen LogP contribution in [0.15, 0.2) is 42.5 Å². The maximum atomic E-state index is 13.0. The van der Waals surface area contributed by atoms with E-state index >= 15 is 0 Å². The molecule has 7 nitrogen and oxygen atoms in total. The molecule has 1 aromatic heterocycles. The minimum Gasteiger partial charge on any atom is -0.428 e. The van der Waals surface area contributed by atoms with Crippen LogP contribution < -0.4 is 5.32 Å². The molecule has 0 saturated carbocycles. The molecule has 1 atom stereocenters. The van der Waals surface area contributed by atoms with Crippen LogP contribution in [0.4, 0.5) is 18.0 Å². The summed E-state index contributed by atoms with van der Waals surface area (Å²) >= 11 is 6.31. The van der Waals surface area contributed by atoms with E-state index < -0.39 is 24.1 Å². The number of rotatable bonds is 6. The third-order valence-electron chi connectivity index (χ3n) is 4.75. The lowest BCUT2D eigenvalue weighted by atomic mass is 10.0. The van der Waals surface area contributed by atoms with Crippen LogP contribution in [0.2, 0.25) is 5.02 Å². The first-order chi connectivity index (χ1) is 15.7. The lowest BCUT2D eigenvalue weighted by molar-refractivity contribution is -0.137. The maximum absolute atomic E-state index is 13.0. The molecule has 1 N–H and O–H groups in total. The number of aromatic nitrogens is 3. The van der Waals surface area contributed by atoms with Gasteiger partial charge in [0.15, 0.2) is 6.61 Å². The number of carbonyl (C=O) groups excluding carboxylic acids is 1. The number of halogens is 4. The second-order valence-corrected chi connectivity index (χ2v) is 7.65. The topological polar surface area (TPSA) is 78.3 Å². The molecule has 2 heterocycles. The normalized spacial score (nSPS) is 16.3. The van der Waals surface area contributed by atoms with Crippen LogP contribution in [0.5, 0.6) is 0 Å². The van der Waals surface area contributed by atoms with Gasteiger partial charge in [-0.15, -0.1) is 9.90 Å². The van der Waals surface area contributed by atoms with Crippen molar-refractivity contribution in [3.63, 3.8) is 0 Å². The zero-order valence-corrected chi connectivity index (χ0v) is 18.0. The van der Waals surface area contributed by atoms with Crippen molar-refractivity contribution in [2.45, 2.75) is 18.9 Å². The first-order valence-corrected chi connectivity index (χ1v) is 10.2. The van der Waals surface area contributed by atoms with Crippen LogP contribution >= 0.6 is 11.6 Å². The third-order valence-corrected chi connectivity index (χ3v) is 4.97. The van der Waals surface area contributed by atoms with Gasteiger partial charge < -0.3 is 14.8 Å². The van der Waals surface area contributed by atoms with E-state index in [9.17, 15) is 18.0 Å². The number of hydrogen-bond acceptors (Lipinski definition) is 6. The summed E-state index contributed by atoms with van der Waals surface area (Å²) in [5, 5.41) is 12.3. The number of benzene rings is 2. The van der Waals surface area contributed by atoms with Crippen molar-refractivity contribution in [2.24, 2.45) is 0 Å². The zero-order chi connectivity index (χ0) is 23.6. The molecule has 172 valence electrons. The summed E-state index contributed by atoms with van der Waals surface area (Å²) in [6.07, 6.45) is -2.74. The molecule has 0 amide bonds. The van der Waals surface area contributed by atoms with Crippen molar-refractivity contribution in [1.29, 1.82) is 0 Å². The molecule has 1 fully saturated rings. The molecule has 11 heteroatoms. The van der Waals surface area contributed by atoms with Gasteiger partial charge in [0, 0.05) is 17.1 Å². The molecule has 1 aliphatic rings. The van der Waals surface area contributed by atoms with E-state index in [2.05, 4.69) is 15.5 Å². The summed E-state index contributed by atoms with van der Waals surface area (Å²) in [6.45, 7) is 0.380. The molecule has 4 rings (SSSR count). The summed E-state index contributed by atoms with van der Waals surface area (Å²) in [5.41, 5.74) is 2.10. The Kier molecular flexibility index (Phi) is 6.39. The summed E-state index contributed by atoms with van der Waals surface area (Å²) in [5.74, 6) is 0. The predicted octanol–water partition coefficient (Wildman–Crippen LogP) is 5.17. The van der Waals surface area contributed by atoms with Crippen molar-refractivity contribution in [3.05, 3.63) is 69.9 Å². The predicted molar refractivity (Wildman–Crippen MR) is 115 cm³/mol. The van der Waals surface area contributed by atoms with E-state index in [4.69, 9.17) is 21.1 Å². The molecular weight excluding hydrogens is 461 g/mol. The minimum atomic E-state index is -4.42. The summed E-state index contributed by atoms with van der Waals surface area (Å²) < 4.78 is 48.7. The second kappa shape index (κ2) is 9.24. The fourth-order valence-corrected chi connectivity index (χ4v) is 3.53. The fourth-order valence-electron chi connectivity index (χ4n) is 3.28. The largest absolute Gasteiger partial charge is 0.510 e. The molecule has 1 unspecified atom stereocenters. The number of carbonyl (C=O) groups is 1. The van der Waals surface area contributed by atoms with Crippen molar-refractivity contribution in [1.82, 2.24) is 20.3 Å². The average Bonchev–Trinajstić information content (AvgIpc) is 3.38. The van der Waals surface area contributed by atoms with Crippen LogP contribution in [0, 0.1) is 0 Å². The van der Waals surface area contributed by atoms with Gasteiger partial charge in [0.1, 0.15) is 11.4 Å². The minimum absolute atomic E-state index is 0.00747.